The summed E-state index contributed by atoms with van der Waals surface area (Å²) in [5.41, 5.74) is 1.88. The number of aliphatic hydroxyl groups is 1. The minimum absolute atomic E-state index is 0.274. The highest BCUT2D eigenvalue weighted by Crippen LogP contribution is 2.14. The number of rotatable bonds is 4. The predicted octanol–water partition coefficient (Wildman–Crippen LogP) is 2.42. The Balaban J connectivity index is 2.58. The van der Waals surface area contributed by atoms with Crippen LogP contribution < -0.4 is 5.32 Å². The van der Waals surface area contributed by atoms with Crippen molar-refractivity contribution in [2.24, 2.45) is 0 Å². The summed E-state index contributed by atoms with van der Waals surface area (Å²) in [6.07, 6.45) is 0. The Labute approximate surface area is 92.3 Å². The van der Waals surface area contributed by atoms with Crippen molar-refractivity contribution in [2.45, 2.75) is 39.3 Å². The molecule has 1 aromatic rings. The fourth-order valence-corrected chi connectivity index (χ4v) is 1.46. The molecule has 0 aliphatic carbocycles. The number of benzene rings is 1. The number of nitrogens with one attached hydrogen (secondary N) is 1. The molecular weight excluding hydrogens is 186 g/mol. The maximum absolute atomic E-state index is 9.61. The lowest BCUT2D eigenvalue weighted by Gasteiger charge is -2.22. The lowest BCUT2D eigenvalue weighted by molar-refractivity contribution is 0.0770. The molecule has 1 rings (SSSR count). The quantitative estimate of drug-likeness (QED) is 0.794. The molecule has 0 unspecified atom stereocenters. The van der Waals surface area contributed by atoms with Gasteiger partial charge in [-0.05, 0) is 33.3 Å². The molecule has 0 spiro atoms. The SMILES string of the molecule is Cc1cccc([C@H](C)NCC(C)(C)O)c1. The summed E-state index contributed by atoms with van der Waals surface area (Å²) in [7, 11) is 0. The third-order valence-electron chi connectivity index (χ3n) is 2.38. The van der Waals surface area contributed by atoms with Crippen LogP contribution in [0.25, 0.3) is 0 Å². The van der Waals surface area contributed by atoms with Gasteiger partial charge >= 0.3 is 0 Å². The Kier molecular flexibility index (Phi) is 3.89. The largest absolute Gasteiger partial charge is 0.389 e. The van der Waals surface area contributed by atoms with Gasteiger partial charge in [-0.2, -0.15) is 0 Å². The van der Waals surface area contributed by atoms with Gasteiger partial charge in [0.2, 0.25) is 0 Å². The lowest BCUT2D eigenvalue weighted by atomic mass is 10.0. The van der Waals surface area contributed by atoms with Crippen LogP contribution in [-0.4, -0.2) is 17.3 Å². The molecule has 0 bridgehead atoms. The molecule has 2 nitrogen and oxygen atoms in total. The van der Waals surface area contributed by atoms with Crippen LogP contribution in [0.4, 0.5) is 0 Å². The first-order valence-electron chi connectivity index (χ1n) is 5.41. The van der Waals surface area contributed by atoms with E-state index in [2.05, 4.69) is 43.4 Å². The summed E-state index contributed by atoms with van der Waals surface area (Å²) in [5, 5.41) is 12.9. The highest BCUT2D eigenvalue weighted by Gasteiger charge is 2.14. The van der Waals surface area contributed by atoms with Gasteiger partial charge in [-0.15, -0.1) is 0 Å². The lowest BCUT2D eigenvalue weighted by Crippen LogP contribution is -2.36. The van der Waals surface area contributed by atoms with Crippen LogP contribution in [-0.2, 0) is 0 Å². The van der Waals surface area contributed by atoms with Crippen LogP contribution in [0.5, 0.6) is 0 Å². The monoisotopic (exact) mass is 207 g/mol. The van der Waals surface area contributed by atoms with E-state index in [1.165, 1.54) is 11.1 Å². The van der Waals surface area contributed by atoms with E-state index in [0.717, 1.165) is 0 Å². The van der Waals surface area contributed by atoms with Gasteiger partial charge < -0.3 is 10.4 Å². The van der Waals surface area contributed by atoms with Crippen molar-refractivity contribution in [1.82, 2.24) is 5.32 Å². The maximum atomic E-state index is 9.61. The summed E-state index contributed by atoms with van der Waals surface area (Å²) in [4.78, 5) is 0. The topological polar surface area (TPSA) is 32.3 Å². The molecule has 0 aromatic heterocycles. The van der Waals surface area contributed by atoms with Crippen molar-refractivity contribution in [3.63, 3.8) is 0 Å². The van der Waals surface area contributed by atoms with E-state index in [0.29, 0.717) is 6.54 Å². The first kappa shape index (κ1) is 12.2. The standard InChI is InChI=1S/C13H21NO/c1-10-6-5-7-12(8-10)11(2)14-9-13(3,4)15/h5-8,11,14-15H,9H2,1-4H3/t11-/m0/s1. The summed E-state index contributed by atoms with van der Waals surface area (Å²) in [6.45, 7) is 8.42. The Morgan fingerprint density at radius 1 is 1.40 bits per heavy atom. The van der Waals surface area contributed by atoms with Gasteiger partial charge in [-0.3, -0.25) is 0 Å². The Morgan fingerprint density at radius 2 is 2.07 bits per heavy atom. The third-order valence-corrected chi connectivity index (χ3v) is 2.38. The summed E-state index contributed by atoms with van der Waals surface area (Å²) in [5.74, 6) is 0. The van der Waals surface area contributed by atoms with Gasteiger partial charge in [0, 0.05) is 12.6 Å². The fourth-order valence-electron chi connectivity index (χ4n) is 1.46. The Morgan fingerprint density at radius 3 is 2.60 bits per heavy atom. The third kappa shape index (κ3) is 4.45. The van der Waals surface area contributed by atoms with Crippen molar-refractivity contribution in [3.05, 3.63) is 35.4 Å². The van der Waals surface area contributed by atoms with Crippen molar-refractivity contribution in [2.75, 3.05) is 6.54 Å². The predicted molar refractivity (Wildman–Crippen MR) is 63.9 cm³/mol. The van der Waals surface area contributed by atoms with E-state index in [-0.39, 0.29) is 6.04 Å². The summed E-state index contributed by atoms with van der Waals surface area (Å²) in [6, 6.07) is 8.70. The van der Waals surface area contributed by atoms with Crippen LogP contribution in [0, 0.1) is 6.92 Å². The molecule has 0 fully saturated rings. The van der Waals surface area contributed by atoms with Crippen LogP contribution in [0.3, 0.4) is 0 Å². The highest BCUT2D eigenvalue weighted by atomic mass is 16.3. The normalized spacial score (nSPS) is 13.9. The smallest absolute Gasteiger partial charge is 0.0715 e. The second-order valence-electron chi connectivity index (χ2n) is 4.83. The average molecular weight is 207 g/mol. The molecule has 2 N–H and O–H groups in total. The molecule has 0 radical (unpaired) electrons. The van der Waals surface area contributed by atoms with Gasteiger partial charge in [0.15, 0.2) is 0 Å². The second kappa shape index (κ2) is 4.77. The van der Waals surface area contributed by atoms with E-state index in [9.17, 15) is 5.11 Å². The molecule has 1 atom stereocenters. The Bertz CT molecular complexity index is 315. The van der Waals surface area contributed by atoms with Gasteiger partial charge in [0.05, 0.1) is 5.60 Å². The zero-order valence-electron chi connectivity index (χ0n) is 10.0. The molecule has 2 heteroatoms. The van der Waals surface area contributed by atoms with Crippen molar-refractivity contribution in [3.8, 4) is 0 Å². The molecule has 84 valence electrons. The molecule has 0 amide bonds. The number of hydrogen-bond donors (Lipinski definition) is 2. The molecule has 0 saturated heterocycles. The first-order valence-corrected chi connectivity index (χ1v) is 5.41. The van der Waals surface area contributed by atoms with Crippen molar-refractivity contribution in [1.29, 1.82) is 0 Å². The van der Waals surface area contributed by atoms with Gasteiger partial charge in [-0.25, -0.2) is 0 Å². The molecular formula is C13H21NO. The van der Waals surface area contributed by atoms with Gasteiger partial charge in [0.1, 0.15) is 0 Å². The van der Waals surface area contributed by atoms with E-state index in [4.69, 9.17) is 0 Å². The molecule has 1 aromatic carbocycles. The fraction of sp³-hybridized carbons (Fsp3) is 0.538. The van der Waals surface area contributed by atoms with E-state index >= 15 is 0 Å². The van der Waals surface area contributed by atoms with Crippen molar-refractivity contribution < 1.29 is 5.11 Å². The van der Waals surface area contributed by atoms with Crippen LogP contribution in [0.2, 0.25) is 0 Å². The molecule has 15 heavy (non-hydrogen) atoms. The van der Waals surface area contributed by atoms with Crippen LogP contribution in [0.15, 0.2) is 24.3 Å². The van der Waals surface area contributed by atoms with Gasteiger partial charge in [-0.1, -0.05) is 29.8 Å². The molecule has 0 saturated carbocycles. The van der Waals surface area contributed by atoms with Crippen LogP contribution >= 0.6 is 0 Å². The molecule has 0 heterocycles. The van der Waals surface area contributed by atoms with Crippen LogP contribution in [0.1, 0.15) is 37.9 Å². The van der Waals surface area contributed by atoms with Crippen molar-refractivity contribution >= 4 is 0 Å². The molecule has 0 aliphatic heterocycles. The summed E-state index contributed by atoms with van der Waals surface area (Å²) < 4.78 is 0. The van der Waals surface area contributed by atoms with Gasteiger partial charge in [0.25, 0.3) is 0 Å². The maximum Gasteiger partial charge on any atom is 0.0715 e. The minimum atomic E-state index is -0.655. The minimum Gasteiger partial charge on any atom is -0.389 e. The van der Waals surface area contributed by atoms with E-state index < -0.39 is 5.60 Å². The summed E-state index contributed by atoms with van der Waals surface area (Å²) >= 11 is 0. The zero-order valence-corrected chi connectivity index (χ0v) is 10.0. The number of hydrogen-bond acceptors (Lipinski definition) is 2. The van der Waals surface area contributed by atoms with E-state index in [1.807, 2.05) is 13.8 Å². The average Bonchev–Trinajstić information content (AvgIpc) is 2.13. The second-order valence-corrected chi connectivity index (χ2v) is 4.83. The highest BCUT2D eigenvalue weighted by molar-refractivity contribution is 5.24. The zero-order chi connectivity index (χ0) is 11.5. The van der Waals surface area contributed by atoms with E-state index in [1.54, 1.807) is 0 Å². The number of aryl methyl sites for hydroxylation is 1. The first-order chi connectivity index (χ1) is 6.88. The Hall–Kier alpha value is -0.860. The molecule has 0 aliphatic rings.